The molecule has 1 N–H and O–H groups in total. The molecule has 0 fully saturated rings. The van der Waals surface area contributed by atoms with Gasteiger partial charge in [-0.15, -0.1) is 23.2 Å². The third-order valence-electron chi connectivity index (χ3n) is 3.02. The van der Waals surface area contributed by atoms with Crippen molar-refractivity contribution in [3.63, 3.8) is 0 Å². The number of alkyl halides is 2. The molecule has 0 aromatic heterocycles. The molecule has 106 valence electrons. The molecule has 1 atom stereocenters. The Kier molecular flexibility index (Phi) is 5.30. The predicted octanol–water partition coefficient (Wildman–Crippen LogP) is 4.41. The molecule has 1 unspecified atom stereocenters. The van der Waals surface area contributed by atoms with Crippen molar-refractivity contribution >= 4 is 23.2 Å². The molecular weight excluding hydrogens is 295 g/mol. The van der Waals surface area contributed by atoms with Crippen LogP contribution in [0.5, 0.6) is 5.75 Å². The average molecular weight is 311 g/mol. The molecule has 0 saturated carbocycles. The van der Waals surface area contributed by atoms with E-state index in [1.807, 2.05) is 49.4 Å². The van der Waals surface area contributed by atoms with E-state index in [4.69, 9.17) is 27.9 Å². The lowest BCUT2D eigenvalue weighted by molar-refractivity contribution is 0.192. The number of aryl methyl sites for hydroxylation is 1. The largest absolute Gasteiger partial charge is 0.489 e. The Bertz CT molecular complexity index is 556. The quantitative estimate of drug-likeness (QED) is 0.829. The van der Waals surface area contributed by atoms with Gasteiger partial charge in [-0.1, -0.05) is 36.4 Å². The summed E-state index contributed by atoms with van der Waals surface area (Å²) in [5.74, 6) is 0.783. The van der Waals surface area contributed by atoms with Crippen molar-refractivity contribution in [1.82, 2.24) is 0 Å². The first-order valence-electron chi connectivity index (χ1n) is 6.31. The predicted molar refractivity (Wildman–Crippen MR) is 82.4 cm³/mol. The van der Waals surface area contributed by atoms with Gasteiger partial charge in [0.2, 0.25) is 0 Å². The summed E-state index contributed by atoms with van der Waals surface area (Å²) < 4.78 is 5.77. The first-order valence-corrected chi connectivity index (χ1v) is 7.18. The van der Waals surface area contributed by atoms with Crippen LogP contribution in [0.3, 0.4) is 0 Å². The van der Waals surface area contributed by atoms with Crippen LogP contribution in [0.4, 0.5) is 0 Å². The fraction of sp³-hybridized carbons (Fsp3) is 0.250. The Balaban J connectivity index is 2.06. The van der Waals surface area contributed by atoms with Crippen LogP contribution in [0, 0.1) is 6.92 Å². The van der Waals surface area contributed by atoms with Gasteiger partial charge in [0.15, 0.2) is 0 Å². The maximum Gasteiger partial charge on any atom is 0.137 e. The Morgan fingerprint density at radius 2 is 1.80 bits per heavy atom. The van der Waals surface area contributed by atoms with Gasteiger partial charge in [0, 0.05) is 0 Å². The van der Waals surface area contributed by atoms with E-state index in [0.717, 1.165) is 16.9 Å². The van der Waals surface area contributed by atoms with E-state index in [1.165, 1.54) is 0 Å². The van der Waals surface area contributed by atoms with Crippen molar-refractivity contribution < 1.29 is 9.84 Å². The minimum atomic E-state index is -0.889. The van der Waals surface area contributed by atoms with Crippen LogP contribution in [0.1, 0.15) is 22.8 Å². The highest BCUT2D eigenvalue weighted by atomic mass is 35.5. The van der Waals surface area contributed by atoms with Gasteiger partial charge in [-0.2, -0.15) is 0 Å². The second-order valence-electron chi connectivity index (χ2n) is 4.58. The zero-order chi connectivity index (χ0) is 14.5. The van der Waals surface area contributed by atoms with Crippen LogP contribution in [-0.4, -0.2) is 9.94 Å². The third kappa shape index (κ3) is 3.89. The number of aliphatic hydroxyl groups is 1. The van der Waals surface area contributed by atoms with Gasteiger partial charge in [0.05, 0.1) is 0 Å². The SMILES string of the molecule is Cc1cc(C(O)C(Cl)Cl)ccc1OCc1ccccc1. The van der Waals surface area contributed by atoms with E-state index in [2.05, 4.69) is 0 Å². The van der Waals surface area contributed by atoms with Crippen LogP contribution in [0.15, 0.2) is 48.5 Å². The second kappa shape index (κ2) is 6.98. The molecule has 2 aromatic carbocycles. The highest BCUT2D eigenvalue weighted by Gasteiger charge is 2.16. The Hall–Kier alpha value is -1.22. The molecule has 0 spiro atoms. The maximum absolute atomic E-state index is 9.82. The molecule has 2 aromatic rings. The summed E-state index contributed by atoms with van der Waals surface area (Å²) in [7, 11) is 0. The number of aliphatic hydroxyl groups excluding tert-OH is 1. The molecule has 2 nitrogen and oxygen atoms in total. The average Bonchev–Trinajstić information content (AvgIpc) is 2.46. The Morgan fingerprint density at radius 3 is 2.40 bits per heavy atom. The van der Waals surface area contributed by atoms with Crippen molar-refractivity contribution in [3.8, 4) is 5.75 Å². The number of rotatable bonds is 5. The van der Waals surface area contributed by atoms with Gasteiger partial charge >= 0.3 is 0 Å². The summed E-state index contributed by atoms with van der Waals surface area (Å²) >= 11 is 11.4. The first kappa shape index (κ1) is 15.2. The third-order valence-corrected chi connectivity index (χ3v) is 3.49. The number of ether oxygens (including phenoxy) is 1. The standard InChI is InChI=1S/C16H16Cl2O2/c1-11-9-13(15(19)16(17)18)7-8-14(11)20-10-12-5-3-2-4-6-12/h2-9,15-16,19H,10H2,1H3. The fourth-order valence-electron chi connectivity index (χ4n) is 1.90. The lowest BCUT2D eigenvalue weighted by atomic mass is 10.1. The molecule has 20 heavy (non-hydrogen) atoms. The lowest BCUT2D eigenvalue weighted by Crippen LogP contribution is -2.06. The van der Waals surface area contributed by atoms with E-state index in [-0.39, 0.29) is 0 Å². The van der Waals surface area contributed by atoms with Gasteiger partial charge in [-0.05, 0) is 35.7 Å². The van der Waals surface area contributed by atoms with Crippen LogP contribution in [0.25, 0.3) is 0 Å². The van der Waals surface area contributed by atoms with Gasteiger partial charge < -0.3 is 9.84 Å². The van der Waals surface area contributed by atoms with Crippen LogP contribution < -0.4 is 4.74 Å². The molecule has 2 rings (SSSR count). The normalized spacial score (nSPS) is 12.4. The summed E-state index contributed by atoms with van der Waals surface area (Å²) in [6.07, 6.45) is -0.889. The smallest absolute Gasteiger partial charge is 0.137 e. The Morgan fingerprint density at radius 1 is 1.10 bits per heavy atom. The minimum absolute atomic E-state index is 0.511. The van der Waals surface area contributed by atoms with E-state index >= 15 is 0 Å². The van der Waals surface area contributed by atoms with Crippen molar-refractivity contribution in [2.45, 2.75) is 24.5 Å². The molecule has 0 aliphatic heterocycles. The molecule has 0 amide bonds. The van der Waals surface area contributed by atoms with E-state index < -0.39 is 10.9 Å². The zero-order valence-corrected chi connectivity index (χ0v) is 12.6. The summed E-state index contributed by atoms with van der Waals surface area (Å²) in [4.78, 5) is -0.842. The molecule has 0 radical (unpaired) electrons. The van der Waals surface area contributed by atoms with Crippen LogP contribution in [0.2, 0.25) is 0 Å². The molecule has 0 heterocycles. The molecule has 0 saturated heterocycles. The monoisotopic (exact) mass is 310 g/mol. The highest BCUT2D eigenvalue weighted by molar-refractivity contribution is 6.44. The van der Waals surface area contributed by atoms with Crippen molar-refractivity contribution in [2.24, 2.45) is 0 Å². The maximum atomic E-state index is 9.82. The van der Waals surface area contributed by atoms with Crippen molar-refractivity contribution in [1.29, 1.82) is 0 Å². The van der Waals surface area contributed by atoms with Crippen molar-refractivity contribution in [3.05, 3.63) is 65.2 Å². The molecule has 4 heteroatoms. The second-order valence-corrected chi connectivity index (χ2v) is 5.74. The summed E-state index contributed by atoms with van der Waals surface area (Å²) in [6, 6.07) is 15.4. The fourth-order valence-corrected chi connectivity index (χ4v) is 2.19. The van der Waals surface area contributed by atoms with E-state index in [9.17, 15) is 5.11 Å². The van der Waals surface area contributed by atoms with Crippen LogP contribution >= 0.6 is 23.2 Å². The zero-order valence-electron chi connectivity index (χ0n) is 11.1. The molecule has 0 bridgehead atoms. The summed E-state index contributed by atoms with van der Waals surface area (Å²) in [6.45, 7) is 2.44. The van der Waals surface area contributed by atoms with Crippen molar-refractivity contribution in [2.75, 3.05) is 0 Å². The summed E-state index contributed by atoms with van der Waals surface area (Å²) in [5, 5.41) is 9.82. The molecule has 0 aliphatic carbocycles. The van der Waals surface area contributed by atoms with Gasteiger partial charge in [0.25, 0.3) is 0 Å². The molecular formula is C16H16Cl2O2. The number of benzene rings is 2. The van der Waals surface area contributed by atoms with E-state index in [0.29, 0.717) is 12.2 Å². The van der Waals surface area contributed by atoms with Crippen LogP contribution in [-0.2, 0) is 6.61 Å². The number of halogens is 2. The van der Waals surface area contributed by atoms with Gasteiger partial charge in [0.1, 0.15) is 23.3 Å². The van der Waals surface area contributed by atoms with Gasteiger partial charge in [-0.25, -0.2) is 0 Å². The Labute approximate surface area is 128 Å². The number of hydrogen-bond acceptors (Lipinski definition) is 2. The van der Waals surface area contributed by atoms with E-state index in [1.54, 1.807) is 6.07 Å². The van der Waals surface area contributed by atoms with Gasteiger partial charge in [-0.3, -0.25) is 0 Å². The topological polar surface area (TPSA) is 29.5 Å². The number of hydrogen-bond donors (Lipinski definition) is 1. The summed E-state index contributed by atoms with van der Waals surface area (Å²) in [5.41, 5.74) is 2.73. The lowest BCUT2D eigenvalue weighted by Gasteiger charge is -2.15. The minimum Gasteiger partial charge on any atom is -0.489 e. The highest BCUT2D eigenvalue weighted by Crippen LogP contribution is 2.28. The molecule has 0 aliphatic rings. The first-order chi connectivity index (χ1) is 9.58.